The third kappa shape index (κ3) is 5.29. The fourth-order valence-electron chi connectivity index (χ4n) is 9.79. The molecule has 6 aromatic rings. The molecule has 288 valence electrons. The summed E-state index contributed by atoms with van der Waals surface area (Å²) >= 11 is 4.88. The van der Waals surface area contributed by atoms with E-state index < -0.39 is 22.3 Å². The molecule has 57 heavy (non-hydrogen) atoms. The van der Waals surface area contributed by atoms with E-state index in [1.54, 1.807) is 0 Å². The smallest absolute Gasteiger partial charge is 0.229 e. The van der Waals surface area contributed by atoms with Gasteiger partial charge >= 0.3 is 0 Å². The molecule has 4 aliphatic rings. The number of hydrogen-bond donors (Lipinski definition) is 0. The fourth-order valence-corrected chi connectivity index (χ4v) is 10.9. The number of anilines is 2. The summed E-state index contributed by atoms with van der Waals surface area (Å²) in [7, 11) is 0. The Hall–Kier alpha value is -4.20. The van der Waals surface area contributed by atoms with Crippen molar-refractivity contribution >= 4 is 102 Å². The molecule has 0 radical (unpaired) electrons. The number of fused-ring (bicyclic) bond motifs is 8. The molecule has 2 unspecified atom stereocenters. The maximum Gasteiger partial charge on any atom is 0.229 e. The number of aliphatic imine (C=N–C) groups is 2. The molecule has 0 aromatic heterocycles. The van der Waals surface area contributed by atoms with Crippen LogP contribution in [0.4, 0.5) is 22.7 Å². The van der Waals surface area contributed by atoms with Gasteiger partial charge in [0.1, 0.15) is 11.4 Å². The lowest BCUT2D eigenvalue weighted by Crippen LogP contribution is -2.63. The Kier molecular flexibility index (Phi) is 8.91. The summed E-state index contributed by atoms with van der Waals surface area (Å²) in [5.41, 5.74) is 6.44. The summed E-state index contributed by atoms with van der Waals surface area (Å²) in [6.07, 6.45) is 4.10. The first-order valence-electron chi connectivity index (χ1n) is 19.7. The summed E-state index contributed by atoms with van der Waals surface area (Å²) in [4.78, 5) is 15.3. The first kappa shape index (κ1) is 37.1. The van der Waals surface area contributed by atoms with E-state index in [0.29, 0.717) is 26.3 Å². The van der Waals surface area contributed by atoms with Gasteiger partial charge in [-0.3, -0.25) is 9.98 Å². The van der Waals surface area contributed by atoms with Crippen molar-refractivity contribution in [3.8, 4) is 11.5 Å². The third-order valence-electron chi connectivity index (χ3n) is 12.9. The van der Waals surface area contributed by atoms with Crippen LogP contribution in [0, 0.1) is 0 Å². The normalized spacial score (nSPS) is 21.8. The molecule has 4 aliphatic heterocycles. The highest BCUT2D eigenvalue weighted by Gasteiger charge is 2.61. The molecule has 0 saturated heterocycles. The first-order valence-corrected chi connectivity index (χ1v) is 22.7. The van der Waals surface area contributed by atoms with E-state index in [9.17, 15) is 0 Å². The lowest BCUT2D eigenvalue weighted by atomic mass is 9.77. The summed E-state index contributed by atoms with van der Waals surface area (Å²) in [5, 5.41) is 4.57. The van der Waals surface area contributed by atoms with Crippen molar-refractivity contribution in [2.75, 3.05) is 36.1 Å². The van der Waals surface area contributed by atoms with Crippen LogP contribution in [0.2, 0.25) is 0 Å². The molecule has 10 rings (SSSR count). The molecular weight excluding hydrogens is 934 g/mol. The number of halogens is 2. The van der Waals surface area contributed by atoms with Crippen LogP contribution >= 0.6 is 45.2 Å². The topological polar surface area (TPSA) is 58.9 Å². The number of para-hydroxylation sites is 2. The zero-order chi connectivity index (χ0) is 39.2. The third-order valence-corrected chi connectivity index (χ3v) is 14.5. The standard InChI is InChI=1S/C48H44I2N4O3/c1-45(2)37-17-9-11-19-39(37)53(47(45)29-51-41-35-15-7-5-13-31(35)25-33(27-49)43(41)56-47)21-23-55-24-22-54-40-20-12-10-18-38(40)46(3,4)48(54)30-52-42-36-16-8-6-14-32(36)26-34(28-50)44(42)57-48/h5-20,25-26,29-30H,21-24,27-28H2,1-4H3. The van der Waals surface area contributed by atoms with Gasteiger partial charge in [0, 0.05) is 55.2 Å². The molecule has 0 saturated carbocycles. The van der Waals surface area contributed by atoms with E-state index in [2.05, 4.69) is 204 Å². The van der Waals surface area contributed by atoms with Crippen LogP contribution in [-0.2, 0) is 24.4 Å². The van der Waals surface area contributed by atoms with E-state index in [4.69, 9.17) is 24.2 Å². The van der Waals surface area contributed by atoms with Crippen LogP contribution < -0.4 is 19.3 Å². The average molecular weight is 979 g/mol. The van der Waals surface area contributed by atoms with Gasteiger partial charge in [0.2, 0.25) is 11.4 Å². The second kappa shape index (κ2) is 13.7. The molecule has 2 spiro atoms. The highest BCUT2D eigenvalue weighted by molar-refractivity contribution is 14.1. The minimum absolute atomic E-state index is 0.397. The Morgan fingerprint density at radius 2 is 0.965 bits per heavy atom. The van der Waals surface area contributed by atoms with Crippen LogP contribution in [0.5, 0.6) is 11.5 Å². The van der Waals surface area contributed by atoms with Crippen molar-refractivity contribution in [3.05, 3.63) is 131 Å². The maximum absolute atomic E-state index is 7.35. The largest absolute Gasteiger partial charge is 0.459 e. The van der Waals surface area contributed by atoms with Crippen molar-refractivity contribution in [1.82, 2.24) is 0 Å². The predicted octanol–water partition coefficient (Wildman–Crippen LogP) is 11.8. The number of benzene rings is 6. The van der Waals surface area contributed by atoms with Crippen molar-refractivity contribution in [3.63, 3.8) is 0 Å². The first-order chi connectivity index (χ1) is 27.6. The van der Waals surface area contributed by atoms with Gasteiger partial charge in [-0.15, -0.1) is 0 Å². The van der Waals surface area contributed by atoms with Crippen LogP contribution in [0.15, 0.2) is 119 Å². The highest BCUT2D eigenvalue weighted by atomic mass is 127. The Labute approximate surface area is 361 Å². The SMILES string of the molecule is CC1(C)c2ccccc2N(CCOCCN2c3ccccc3C(C)(C)C23C=Nc2c(c(CI)cc4ccccc24)O3)C12C=Nc1c(c(CI)cc3ccccc13)O2. The van der Waals surface area contributed by atoms with Crippen molar-refractivity contribution < 1.29 is 14.2 Å². The number of rotatable bonds is 8. The number of ether oxygens (including phenoxy) is 3. The molecule has 4 heterocycles. The monoisotopic (exact) mass is 978 g/mol. The minimum atomic E-state index is -0.835. The Bertz CT molecular complexity index is 2480. The van der Waals surface area contributed by atoms with E-state index in [-0.39, 0.29) is 0 Å². The predicted molar refractivity (Wildman–Crippen MR) is 251 cm³/mol. The van der Waals surface area contributed by atoms with Crippen molar-refractivity contribution in [2.24, 2.45) is 9.98 Å². The number of hydrogen-bond acceptors (Lipinski definition) is 7. The van der Waals surface area contributed by atoms with Gasteiger partial charge in [0.25, 0.3) is 0 Å². The van der Waals surface area contributed by atoms with Crippen LogP contribution in [-0.4, -0.2) is 50.2 Å². The van der Waals surface area contributed by atoms with E-state index >= 15 is 0 Å². The van der Waals surface area contributed by atoms with Gasteiger partial charge in [0.15, 0.2) is 11.5 Å². The fraction of sp³-hybridized carbons (Fsp3) is 0.292. The van der Waals surface area contributed by atoms with E-state index in [1.165, 1.54) is 21.9 Å². The molecular formula is C48H44I2N4O3. The molecule has 0 bridgehead atoms. The second-order valence-corrected chi connectivity index (χ2v) is 18.0. The van der Waals surface area contributed by atoms with Gasteiger partial charge < -0.3 is 24.0 Å². The highest BCUT2D eigenvalue weighted by Crippen LogP contribution is 2.57. The summed E-state index contributed by atoms with van der Waals surface area (Å²) in [6.45, 7) is 11.4. The number of alkyl halides is 2. The Morgan fingerprint density at radius 3 is 1.40 bits per heavy atom. The molecule has 0 aliphatic carbocycles. The molecule has 0 fully saturated rings. The maximum atomic E-state index is 7.35. The molecule has 6 aromatic carbocycles. The molecule has 7 nitrogen and oxygen atoms in total. The van der Waals surface area contributed by atoms with Gasteiger partial charge in [-0.05, 0) is 73.9 Å². The van der Waals surface area contributed by atoms with Crippen LogP contribution in [0.1, 0.15) is 49.9 Å². The Morgan fingerprint density at radius 1 is 0.561 bits per heavy atom. The zero-order valence-corrected chi connectivity index (χ0v) is 36.9. The molecule has 2 atom stereocenters. The lowest BCUT2D eigenvalue weighted by Gasteiger charge is -2.47. The van der Waals surface area contributed by atoms with E-state index in [1.807, 2.05) is 0 Å². The molecule has 9 heteroatoms. The second-order valence-electron chi connectivity index (χ2n) is 16.4. The summed E-state index contributed by atoms with van der Waals surface area (Å²) in [6, 6.07) is 38.8. The van der Waals surface area contributed by atoms with Crippen molar-refractivity contribution in [2.45, 2.75) is 58.8 Å². The lowest BCUT2D eigenvalue weighted by molar-refractivity contribution is 0.0580. The zero-order valence-electron chi connectivity index (χ0n) is 32.6. The van der Waals surface area contributed by atoms with Gasteiger partial charge in [0.05, 0.1) is 36.5 Å². The van der Waals surface area contributed by atoms with Crippen molar-refractivity contribution in [1.29, 1.82) is 0 Å². The van der Waals surface area contributed by atoms with Gasteiger partial charge in [-0.25, -0.2) is 0 Å². The van der Waals surface area contributed by atoms with Crippen LogP contribution in [0.3, 0.4) is 0 Å². The number of nitrogens with zero attached hydrogens (tertiary/aromatic N) is 4. The Balaban J connectivity index is 0.943. The molecule has 0 N–H and O–H groups in total. The quantitative estimate of drug-likeness (QED) is 0.0864. The molecule has 0 amide bonds. The van der Waals surface area contributed by atoms with E-state index in [0.717, 1.165) is 65.0 Å². The minimum Gasteiger partial charge on any atom is -0.459 e. The van der Waals surface area contributed by atoms with Gasteiger partial charge in [-0.1, -0.05) is 130 Å². The average Bonchev–Trinajstić information content (AvgIpc) is 3.53. The van der Waals surface area contributed by atoms with Gasteiger partial charge in [-0.2, -0.15) is 0 Å². The summed E-state index contributed by atoms with van der Waals surface area (Å²) in [5.74, 6) is 1.74. The summed E-state index contributed by atoms with van der Waals surface area (Å²) < 4.78 is 23.0. The van der Waals surface area contributed by atoms with Crippen LogP contribution in [0.25, 0.3) is 21.5 Å².